The molecule has 0 radical (unpaired) electrons. The number of rotatable bonds is 1. The lowest BCUT2D eigenvalue weighted by Gasteiger charge is -2.21. The Bertz CT molecular complexity index is 11800. The normalized spacial score (nSPS) is 13.7. The average molecular weight is 1810 g/mol. The van der Waals surface area contributed by atoms with Gasteiger partial charge in [-0.1, -0.05) is 276 Å². The number of para-hydroxylation sites is 11. The Kier molecular flexibility index (Phi) is 14.1. The Balaban J connectivity index is 0.0000000823. The van der Waals surface area contributed by atoms with E-state index in [-0.39, 0.29) is 10.8 Å². The highest BCUT2D eigenvalue weighted by molar-refractivity contribution is 6.33. The topological polar surface area (TPSA) is 88.3 Å². The number of nitrogens with zero attached hydrogens (tertiary/aromatic N) is 5. The largest absolute Gasteiger partial charge is 0.456 e. The van der Waals surface area contributed by atoms with E-state index < -0.39 is 0 Å². The zero-order chi connectivity index (χ0) is 92.6. The molecule has 660 valence electrons. The molecule has 2 aliphatic rings. The van der Waals surface area contributed by atoms with Crippen molar-refractivity contribution in [1.29, 1.82) is 0 Å². The van der Waals surface area contributed by atoms with Gasteiger partial charge in [0.05, 0.1) is 77.2 Å². The summed E-state index contributed by atoms with van der Waals surface area (Å²) in [6, 6.07) is 143. The van der Waals surface area contributed by atoms with Gasteiger partial charge in [0.15, 0.2) is 0 Å². The number of furan rings is 5. The van der Waals surface area contributed by atoms with Crippen molar-refractivity contribution in [3.8, 4) is 27.9 Å². The van der Waals surface area contributed by atoms with Crippen LogP contribution in [-0.4, -0.2) is 22.2 Å². The van der Waals surface area contributed by atoms with Gasteiger partial charge in [0.1, 0.15) is 55.8 Å². The third-order valence-corrected chi connectivity index (χ3v) is 33.0. The lowest BCUT2D eigenvalue weighted by Crippen LogP contribution is -2.14. The van der Waals surface area contributed by atoms with Crippen LogP contribution in [-0.2, 0) is 10.8 Å². The molecule has 2 aliphatic carbocycles. The van der Waals surface area contributed by atoms with Crippen molar-refractivity contribution in [3.05, 3.63) is 417 Å². The summed E-state index contributed by atoms with van der Waals surface area (Å²) in [6.07, 6.45) is 0. The third-order valence-electron chi connectivity index (χ3n) is 33.0. The maximum Gasteiger partial charge on any atom is 0.137 e. The molecule has 0 N–H and O–H groups in total. The molecule has 0 fully saturated rings. The van der Waals surface area contributed by atoms with Crippen LogP contribution in [0.5, 0.6) is 0 Å². The maximum atomic E-state index is 6.28. The molecule has 14 aromatic heterocycles. The van der Waals surface area contributed by atoms with Crippen molar-refractivity contribution in [1.82, 2.24) is 22.2 Å². The van der Waals surface area contributed by atoms with Crippen molar-refractivity contribution < 1.29 is 22.1 Å². The van der Waals surface area contributed by atoms with E-state index in [1.165, 1.54) is 251 Å². The Morgan fingerprint density at radius 2 is 0.415 bits per heavy atom. The first kappa shape index (κ1) is 75.8. The standard InChI is InChI=1S/C36H20N2O.2C33H21NO.C30H15NO2/c1-2-9-21(10-3-1)37-30-15-6-4-11-22(30)26-17-27-24-13-8-14-25-28-19-35-29(23-12-5-7-16-34(23)39-35)18-31(28)38(36(24)25)33(27)20-32(26)37;1-33(2)26-12-5-3-8-18(26)22-15-28-23(14-27(22)33)20-10-7-11-21-24-17-31-25(16-29(24)34(28)32(20)21)19-9-4-6-13-30(19)35-31;1-33(2)26-12-5-3-8-18(26)22-14-23-20-10-7-11-21-24-16-31-25(19-9-4-6-13-30(19)35-31)15-28(24)34(32(20)21)29(23)17-27(22)33;1-3-10-26-16(6-1)22-12-20-18-8-5-9-19-21-14-28-23(17-7-2-4-11-27(17)32-28)13-24(21)31(30(18)19)25(20)15-29(22)33-26/h1-20H;2*3-17H,1-2H3;1-15H. The molecule has 0 atom stereocenters. The number of hydrogen-bond donors (Lipinski definition) is 0. The Morgan fingerprint density at radius 3 is 0.824 bits per heavy atom. The fraction of sp³-hybridized carbons (Fsp3) is 0.0455. The van der Waals surface area contributed by atoms with Gasteiger partial charge in [-0.2, -0.15) is 0 Å². The van der Waals surface area contributed by atoms with Crippen molar-refractivity contribution >= 4 is 284 Å². The Labute approximate surface area is 805 Å². The van der Waals surface area contributed by atoms with Gasteiger partial charge in [-0.15, -0.1) is 0 Å². The second-order valence-electron chi connectivity index (χ2n) is 40.7. The van der Waals surface area contributed by atoms with Gasteiger partial charge in [0.2, 0.25) is 0 Å². The molecule has 0 unspecified atom stereocenters. The first-order valence-corrected chi connectivity index (χ1v) is 49.1. The third kappa shape index (κ3) is 9.59. The summed E-state index contributed by atoms with van der Waals surface area (Å²) >= 11 is 0. The Hall–Kier alpha value is -18.4. The highest BCUT2D eigenvalue weighted by atomic mass is 16.3. The van der Waals surface area contributed by atoms with Crippen LogP contribution in [0, 0.1) is 0 Å². The second kappa shape index (κ2) is 26.5. The lowest BCUT2D eigenvalue weighted by atomic mass is 9.82. The van der Waals surface area contributed by atoms with Gasteiger partial charge < -0.3 is 44.3 Å². The van der Waals surface area contributed by atoms with E-state index in [2.05, 4.69) is 402 Å². The van der Waals surface area contributed by atoms with Crippen LogP contribution in [0.4, 0.5) is 0 Å². The van der Waals surface area contributed by atoms with Crippen LogP contribution >= 0.6 is 0 Å². The molecule has 37 rings (SSSR count). The van der Waals surface area contributed by atoms with Gasteiger partial charge in [-0.3, -0.25) is 0 Å². The molecule has 0 spiro atoms. The predicted molar refractivity (Wildman–Crippen MR) is 590 cm³/mol. The average Bonchev–Trinajstić information content (AvgIpc) is 1.53. The van der Waals surface area contributed by atoms with E-state index in [1.54, 1.807) is 0 Å². The van der Waals surface area contributed by atoms with E-state index >= 15 is 0 Å². The smallest absolute Gasteiger partial charge is 0.137 e. The summed E-state index contributed by atoms with van der Waals surface area (Å²) in [4.78, 5) is 0. The minimum absolute atomic E-state index is 0.00392. The minimum atomic E-state index is -0.0220. The van der Waals surface area contributed by atoms with Crippen molar-refractivity contribution in [2.45, 2.75) is 38.5 Å². The zero-order valence-electron chi connectivity index (χ0n) is 77.3. The van der Waals surface area contributed by atoms with Gasteiger partial charge in [-0.05, 0) is 184 Å². The molecule has 0 saturated heterocycles. The summed E-state index contributed by atoms with van der Waals surface area (Å²) in [6.45, 7) is 9.43. The summed E-state index contributed by atoms with van der Waals surface area (Å²) in [5.41, 5.74) is 39.2. The Morgan fingerprint density at radius 1 is 0.148 bits per heavy atom. The molecule has 35 aromatic rings. The van der Waals surface area contributed by atoms with Crippen LogP contribution in [0.1, 0.15) is 49.9 Å². The highest BCUT2D eigenvalue weighted by Gasteiger charge is 2.39. The molecule has 142 heavy (non-hydrogen) atoms. The molecule has 0 aliphatic heterocycles. The second-order valence-corrected chi connectivity index (χ2v) is 40.7. The summed E-state index contributed by atoms with van der Waals surface area (Å²) in [5, 5.41) is 34.7. The molecular formula is C132H77N5O5. The lowest BCUT2D eigenvalue weighted by molar-refractivity contribution is 0.661. The number of benzene rings is 21. The summed E-state index contributed by atoms with van der Waals surface area (Å²) < 4.78 is 43.5. The van der Waals surface area contributed by atoms with Crippen LogP contribution in [0.15, 0.2) is 416 Å². The molecule has 21 aromatic carbocycles. The highest BCUT2D eigenvalue weighted by Crippen LogP contribution is 2.57. The zero-order valence-corrected chi connectivity index (χ0v) is 77.3. The SMILES string of the molecule is CC1(C)c2ccccc2-c2cc3c(cc21)c1cccc2c4cc5oc6ccccc6c5cc4n3c12.CC1(C)c2ccccc2-c2cc3c4cccc5c6cc7oc8ccccc8c7cc6n(c3cc21)c45.c1ccc(-n2c3ccccc3c3cc4c5cccc6c7cc8oc9ccccc9c8cc7n(c4cc32)c65)cc1.c1ccc2c(c1)oc1cc3c(cc12)c1cccc2c4cc5oc6ccccc6c5cc4n3c12. The fourth-order valence-electron chi connectivity index (χ4n) is 26.7. The van der Waals surface area contributed by atoms with E-state index in [4.69, 9.17) is 22.1 Å². The number of fused-ring (bicyclic) bond motifs is 48. The molecular weight excluding hydrogens is 1740 g/mol. The van der Waals surface area contributed by atoms with Gasteiger partial charge >= 0.3 is 0 Å². The quantitative estimate of drug-likeness (QED) is 0.163. The fourth-order valence-corrected chi connectivity index (χ4v) is 26.7. The molecule has 0 amide bonds. The first-order valence-electron chi connectivity index (χ1n) is 49.1. The summed E-state index contributed by atoms with van der Waals surface area (Å²) in [5.74, 6) is 0. The van der Waals surface area contributed by atoms with Crippen LogP contribution < -0.4 is 0 Å². The molecule has 0 bridgehead atoms. The van der Waals surface area contributed by atoms with Crippen LogP contribution in [0.2, 0.25) is 0 Å². The molecule has 14 heterocycles. The summed E-state index contributed by atoms with van der Waals surface area (Å²) in [7, 11) is 0. The van der Waals surface area contributed by atoms with Gasteiger partial charge in [0.25, 0.3) is 0 Å². The van der Waals surface area contributed by atoms with Gasteiger partial charge in [-0.25, -0.2) is 0 Å². The predicted octanol–water partition coefficient (Wildman–Crippen LogP) is 36.6. The van der Waals surface area contributed by atoms with E-state index in [0.717, 1.165) is 82.8 Å². The van der Waals surface area contributed by atoms with E-state index in [1.807, 2.05) is 42.5 Å². The first-order chi connectivity index (χ1) is 69.9. The van der Waals surface area contributed by atoms with Gasteiger partial charge in [0, 0.05) is 173 Å². The van der Waals surface area contributed by atoms with Crippen molar-refractivity contribution in [2.24, 2.45) is 0 Å². The number of hydrogen-bond acceptors (Lipinski definition) is 5. The monoisotopic (exact) mass is 1810 g/mol. The molecule has 0 saturated carbocycles. The van der Waals surface area contributed by atoms with Crippen molar-refractivity contribution in [3.63, 3.8) is 0 Å². The van der Waals surface area contributed by atoms with Crippen LogP contribution in [0.25, 0.3) is 312 Å². The number of aromatic nitrogens is 5. The molecule has 10 nitrogen and oxygen atoms in total. The van der Waals surface area contributed by atoms with Crippen LogP contribution in [0.3, 0.4) is 0 Å². The van der Waals surface area contributed by atoms with E-state index in [0.29, 0.717) is 0 Å². The minimum Gasteiger partial charge on any atom is -0.456 e. The van der Waals surface area contributed by atoms with Crippen molar-refractivity contribution in [2.75, 3.05) is 0 Å². The van der Waals surface area contributed by atoms with E-state index in [9.17, 15) is 0 Å². The molecule has 10 heteroatoms. The maximum absolute atomic E-state index is 6.28.